The maximum absolute atomic E-state index is 10.5. The lowest BCUT2D eigenvalue weighted by Gasteiger charge is -2.02. The van der Waals surface area contributed by atoms with Gasteiger partial charge in [-0.3, -0.25) is 0 Å². The highest BCUT2D eigenvalue weighted by Crippen LogP contribution is 2.25. The Hall–Kier alpha value is -1.61. The van der Waals surface area contributed by atoms with E-state index in [0.29, 0.717) is 11.8 Å². The van der Waals surface area contributed by atoms with Crippen molar-refractivity contribution in [3.05, 3.63) is 35.5 Å². The fraction of sp³-hybridized carbons (Fsp3) is 0.182. The lowest BCUT2D eigenvalue weighted by molar-refractivity contribution is -0.115. The topological polar surface area (TPSA) is 53.1 Å². The highest BCUT2D eigenvalue weighted by atomic mass is 16.3. The van der Waals surface area contributed by atoms with E-state index in [1.807, 2.05) is 25.1 Å². The summed E-state index contributed by atoms with van der Waals surface area (Å²) < 4.78 is 0. The first kappa shape index (κ1) is 8.97. The molecule has 0 aliphatic rings. The van der Waals surface area contributed by atoms with E-state index in [0.717, 1.165) is 16.5 Å². The van der Waals surface area contributed by atoms with E-state index in [1.54, 1.807) is 6.20 Å². The van der Waals surface area contributed by atoms with Crippen LogP contribution in [-0.4, -0.2) is 16.4 Å². The molecule has 0 radical (unpaired) electrons. The second-order valence-corrected chi connectivity index (χ2v) is 3.32. The van der Waals surface area contributed by atoms with Crippen LogP contribution in [0.15, 0.2) is 24.4 Å². The van der Waals surface area contributed by atoms with Gasteiger partial charge in [-0.2, -0.15) is 0 Å². The number of H-pyrrole nitrogens is 1. The van der Waals surface area contributed by atoms with Crippen molar-refractivity contribution < 1.29 is 9.90 Å². The highest BCUT2D eigenvalue weighted by Gasteiger charge is 2.12. The number of rotatable bonds is 2. The van der Waals surface area contributed by atoms with Crippen LogP contribution in [0.3, 0.4) is 0 Å². The molecular weight excluding hydrogens is 178 g/mol. The fourth-order valence-electron chi connectivity index (χ4n) is 1.71. The molecule has 0 fully saturated rings. The largest absolute Gasteiger partial charge is 0.381 e. The Kier molecular flexibility index (Phi) is 2.09. The summed E-state index contributed by atoms with van der Waals surface area (Å²) in [5.74, 6) is 0. The van der Waals surface area contributed by atoms with Crippen molar-refractivity contribution in [3.63, 3.8) is 0 Å². The molecule has 1 atom stereocenters. The van der Waals surface area contributed by atoms with E-state index >= 15 is 0 Å². The molecule has 1 aromatic heterocycles. The molecule has 0 saturated carbocycles. The highest BCUT2D eigenvalue weighted by molar-refractivity contribution is 5.88. The maximum atomic E-state index is 10.5. The lowest BCUT2D eigenvalue weighted by Crippen LogP contribution is -1.97. The van der Waals surface area contributed by atoms with Crippen LogP contribution >= 0.6 is 0 Å². The molecule has 3 nitrogen and oxygen atoms in total. The number of aliphatic hydroxyl groups is 1. The first-order chi connectivity index (χ1) is 6.74. The predicted molar refractivity (Wildman–Crippen MR) is 54.1 cm³/mol. The van der Waals surface area contributed by atoms with Gasteiger partial charge in [0.2, 0.25) is 0 Å². The van der Waals surface area contributed by atoms with Crippen molar-refractivity contribution in [2.24, 2.45) is 0 Å². The number of carbonyl (C=O) groups is 1. The van der Waals surface area contributed by atoms with E-state index in [9.17, 15) is 9.90 Å². The number of hydrogen-bond acceptors (Lipinski definition) is 2. The third kappa shape index (κ3) is 1.22. The van der Waals surface area contributed by atoms with Gasteiger partial charge in [-0.05, 0) is 18.6 Å². The molecule has 72 valence electrons. The van der Waals surface area contributed by atoms with Crippen LogP contribution < -0.4 is 0 Å². The number of aromatic nitrogens is 1. The monoisotopic (exact) mass is 189 g/mol. The van der Waals surface area contributed by atoms with E-state index in [4.69, 9.17) is 0 Å². The zero-order valence-electron chi connectivity index (χ0n) is 7.82. The van der Waals surface area contributed by atoms with Gasteiger partial charge in [-0.25, -0.2) is 0 Å². The number of fused-ring (bicyclic) bond motifs is 1. The molecule has 1 unspecified atom stereocenters. The number of hydrogen-bond donors (Lipinski definition) is 2. The van der Waals surface area contributed by atoms with Crippen molar-refractivity contribution in [2.45, 2.75) is 13.0 Å². The van der Waals surface area contributed by atoms with E-state index in [-0.39, 0.29) is 0 Å². The van der Waals surface area contributed by atoms with E-state index in [1.165, 1.54) is 0 Å². The standard InChI is InChI=1S/C11H11NO2/c1-7-3-2-4-9-11(7)8(5-12-9)10(14)6-13/h2-6,10,12,14H,1H3. The molecule has 0 saturated heterocycles. The molecule has 0 aliphatic heterocycles. The summed E-state index contributed by atoms with van der Waals surface area (Å²) in [7, 11) is 0. The van der Waals surface area contributed by atoms with Crippen LogP contribution in [0, 0.1) is 6.92 Å². The molecule has 0 bridgehead atoms. The summed E-state index contributed by atoms with van der Waals surface area (Å²) in [6.45, 7) is 1.96. The second kappa shape index (κ2) is 3.27. The van der Waals surface area contributed by atoms with Crippen molar-refractivity contribution >= 4 is 17.2 Å². The molecule has 2 aromatic rings. The Morgan fingerprint density at radius 2 is 2.29 bits per heavy atom. The van der Waals surface area contributed by atoms with Gasteiger partial charge in [0.15, 0.2) is 6.29 Å². The van der Waals surface area contributed by atoms with Crippen LogP contribution in [0.1, 0.15) is 17.2 Å². The average Bonchev–Trinajstić information content (AvgIpc) is 2.62. The Balaban J connectivity index is 2.72. The summed E-state index contributed by atoms with van der Waals surface area (Å²) in [5.41, 5.74) is 2.65. The van der Waals surface area contributed by atoms with Crippen molar-refractivity contribution in [1.29, 1.82) is 0 Å². The van der Waals surface area contributed by atoms with Crippen LogP contribution in [-0.2, 0) is 4.79 Å². The lowest BCUT2D eigenvalue weighted by atomic mass is 10.0. The molecule has 3 heteroatoms. The van der Waals surface area contributed by atoms with E-state index in [2.05, 4.69) is 4.98 Å². The molecule has 2 N–H and O–H groups in total. The number of aryl methyl sites for hydroxylation is 1. The summed E-state index contributed by atoms with van der Waals surface area (Å²) in [6, 6.07) is 5.81. The molecule has 1 heterocycles. The normalized spacial score (nSPS) is 13.0. The average molecular weight is 189 g/mol. The summed E-state index contributed by atoms with van der Waals surface area (Å²) in [5, 5.41) is 10.4. The molecule has 0 spiro atoms. The molecule has 1 aromatic carbocycles. The molecule has 0 amide bonds. The van der Waals surface area contributed by atoms with Gasteiger partial charge in [0.1, 0.15) is 6.10 Å². The SMILES string of the molecule is Cc1cccc2[nH]cc(C(O)C=O)c12. The van der Waals surface area contributed by atoms with Gasteiger partial charge < -0.3 is 14.9 Å². The number of aldehydes is 1. The van der Waals surface area contributed by atoms with Crippen LogP contribution in [0.5, 0.6) is 0 Å². The Labute approximate surface area is 81.4 Å². The van der Waals surface area contributed by atoms with Gasteiger partial charge >= 0.3 is 0 Å². The van der Waals surface area contributed by atoms with Crippen LogP contribution in [0.4, 0.5) is 0 Å². The summed E-state index contributed by atoms with van der Waals surface area (Å²) >= 11 is 0. The summed E-state index contributed by atoms with van der Waals surface area (Å²) in [6.07, 6.45) is 1.18. The molecule has 2 rings (SSSR count). The number of benzene rings is 1. The maximum Gasteiger partial charge on any atom is 0.153 e. The number of aromatic amines is 1. The molecule has 14 heavy (non-hydrogen) atoms. The smallest absolute Gasteiger partial charge is 0.153 e. The minimum Gasteiger partial charge on any atom is -0.381 e. The van der Waals surface area contributed by atoms with Gasteiger partial charge in [0.25, 0.3) is 0 Å². The zero-order valence-corrected chi connectivity index (χ0v) is 7.82. The first-order valence-corrected chi connectivity index (χ1v) is 4.44. The zero-order chi connectivity index (χ0) is 10.1. The number of nitrogens with one attached hydrogen (secondary N) is 1. The van der Waals surface area contributed by atoms with Gasteiger partial charge in [-0.15, -0.1) is 0 Å². The Bertz CT molecular complexity index is 473. The minimum absolute atomic E-state index is 0.537. The van der Waals surface area contributed by atoms with Gasteiger partial charge in [-0.1, -0.05) is 12.1 Å². The second-order valence-electron chi connectivity index (χ2n) is 3.32. The van der Waals surface area contributed by atoms with Crippen LogP contribution in [0.2, 0.25) is 0 Å². The van der Waals surface area contributed by atoms with Gasteiger partial charge in [0, 0.05) is 22.7 Å². The van der Waals surface area contributed by atoms with Crippen LogP contribution in [0.25, 0.3) is 10.9 Å². The van der Waals surface area contributed by atoms with Crippen molar-refractivity contribution in [3.8, 4) is 0 Å². The van der Waals surface area contributed by atoms with Gasteiger partial charge in [0.05, 0.1) is 0 Å². The fourth-order valence-corrected chi connectivity index (χ4v) is 1.71. The quantitative estimate of drug-likeness (QED) is 0.706. The van der Waals surface area contributed by atoms with E-state index < -0.39 is 6.10 Å². The van der Waals surface area contributed by atoms with Crippen molar-refractivity contribution in [2.75, 3.05) is 0 Å². The number of aliphatic hydroxyl groups excluding tert-OH is 1. The Morgan fingerprint density at radius 3 is 3.00 bits per heavy atom. The molecular formula is C11H11NO2. The summed E-state index contributed by atoms with van der Waals surface area (Å²) in [4.78, 5) is 13.5. The minimum atomic E-state index is -1.04. The molecule has 0 aliphatic carbocycles. The number of carbonyl (C=O) groups excluding carboxylic acids is 1. The third-order valence-electron chi connectivity index (χ3n) is 2.39. The predicted octanol–water partition coefficient (Wildman–Crippen LogP) is 1.71. The third-order valence-corrected chi connectivity index (χ3v) is 2.39. The Morgan fingerprint density at radius 1 is 1.50 bits per heavy atom. The van der Waals surface area contributed by atoms with Crippen molar-refractivity contribution in [1.82, 2.24) is 4.98 Å². The first-order valence-electron chi connectivity index (χ1n) is 4.44.